The first kappa shape index (κ1) is 14.1. The summed E-state index contributed by atoms with van der Waals surface area (Å²) in [7, 11) is -2.05. The largest absolute Gasteiger partial charge is 0.397 e. The van der Waals surface area contributed by atoms with Gasteiger partial charge in [-0.25, -0.2) is 13.1 Å². The number of nitrogen functional groups attached to an aromatic ring is 1. The molecule has 0 spiro atoms. The van der Waals surface area contributed by atoms with Crippen molar-refractivity contribution in [2.24, 2.45) is 5.92 Å². The zero-order valence-corrected chi connectivity index (χ0v) is 12.3. The summed E-state index contributed by atoms with van der Waals surface area (Å²) in [5, 5.41) is 3.37. The highest BCUT2D eigenvalue weighted by molar-refractivity contribution is 7.89. The minimum absolute atomic E-state index is 0.0733. The van der Waals surface area contributed by atoms with Crippen LogP contribution in [0.25, 0.3) is 0 Å². The van der Waals surface area contributed by atoms with E-state index >= 15 is 0 Å². The first-order valence-corrected chi connectivity index (χ1v) is 7.86. The topological polar surface area (TPSA) is 84.2 Å². The van der Waals surface area contributed by atoms with Crippen molar-refractivity contribution >= 4 is 21.4 Å². The van der Waals surface area contributed by atoms with Crippen molar-refractivity contribution in [1.82, 2.24) is 4.72 Å². The fourth-order valence-electron chi connectivity index (χ4n) is 2.18. The summed E-state index contributed by atoms with van der Waals surface area (Å²) in [5.41, 5.74) is 7.08. The molecule has 2 rings (SSSR count). The molecule has 0 unspecified atom stereocenters. The summed E-state index contributed by atoms with van der Waals surface area (Å²) in [6.07, 6.45) is 2.41. The van der Waals surface area contributed by atoms with Gasteiger partial charge in [-0.1, -0.05) is 0 Å². The van der Waals surface area contributed by atoms with Crippen molar-refractivity contribution in [1.29, 1.82) is 0 Å². The van der Waals surface area contributed by atoms with E-state index in [0.29, 0.717) is 17.3 Å². The second-order valence-electron chi connectivity index (χ2n) is 5.58. The molecule has 1 aromatic rings. The quantitative estimate of drug-likeness (QED) is 0.719. The van der Waals surface area contributed by atoms with Gasteiger partial charge in [-0.05, 0) is 57.9 Å². The number of hydrogen-bond donors (Lipinski definition) is 3. The molecule has 0 aliphatic heterocycles. The second-order valence-corrected chi connectivity index (χ2v) is 7.46. The Hall–Kier alpha value is -1.27. The van der Waals surface area contributed by atoms with Crippen LogP contribution in [0.15, 0.2) is 23.1 Å². The van der Waals surface area contributed by atoms with Crippen LogP contribution in [0.3, 0.4) is 0 Å². The van der Waals surface area contributed by atoms with Crippen molar-refractivity contribution in [3.63, 3.8) is 0 Å². The van der Waals surface area contributed by atoms with Crippen LogP contribution < -0.4 is 15.8 Å². The molecular formula is C13H21N3O2S. The van der Waals surface area contributed by atoms with Crippen LogP contribution in [0, 0.1) is 5.92 Å². The minimum Gasteiger partial charge on any atom is -0.397 e. The predicted octanol–water partition coefficient (Wildman–Crippen LogP) is 1.78. The number of benzene rings is 1. The average Bonchev–Trinajstić information content (AvgIpc) is 3.15. The van der Waals surface area contributed by atoms with E-state index in [0.717, 1.165) is 0 Å². The van der Waals surface area contributed by atoms with Crippen molar-refractivity contribution in [2.75, 3.05) is 18.1 Å². The van der Waals surface area contributed by atoms with Crippen molar-refractivity contribution < 1.29 is 8.42 Å². The number of nitrogens with one attached hydrogen (secondary N) is 2. The highest BCUT2D eigenvalue weighted by atomic mass is 32.2. The third kappa shape index (κ3) is 3.01. The van der Waals surface area contributed by atoms with Gasteiger partial charge in [0, 0.05) is 5.54 Å². The molecule has 0 radical (unpaired) electrons. The Kier molecular flexibility index (Phi) is 3.49. The highest BCUT2D eigenvalue weighted by Gasteiger charge is 2.37. The molecule has 0 heterocycles. The van der Waals surface area contributed by atoms with Gasteiger partial charge in [0.2, 0.25) is 10.0 Å². The van der Waals surface area contributed by atoms with E-state index in [1.165, 1.54) is 26.0 Å². The third-order valence-electron chi connectivity index (χ3n) is 3.66. The van der Waals surface area contributed by atoms with Crippen LogP contribution in [0.2, 0.25) is 0 Å². The Bertz CT molecular complexity index is 578. The maximum Gasteiger partial charge on any atom is 0.240 e. The van der Waals surface area contributed by atoms with E-state index in [-0.39, 0.29) is 10.4 Å². The number of sulfonamides is 1. The van der Waals surface area contributed by atoms with Gasteiger partial charge in [0.05, 0.1) is 16.3 Å². The molecule has 6 heteroatoms. The summed E-state index contributed by atoms with van der Waals surface area (Å²) in [6.45, 7) is 4.23. The molecule has 0 bridgehead atoms. The van der Waals surface area contributed by atoms with Gasteiger partial charge < -0.3 is 11.1 Å². The molecular weight excluding hydrogens is 262 g/mol. The Morgan fingerprint density at radius 3 is 2.47 bits per heavy atom. The molecule has 4 N–H and O–H groups in total. The van der Waals surface area contributed by atoms with Gasteiger partial charge in [-0.3, -0.25) is 0 Å². The maximum absolute atomic E-state index is 11.8. The fraction of sp³-hybridized carbons (Fsp3) is 0.538. The van der Waals surface area contributed by atoms with Gasteiger partial charge >= 0.3 is 0 Å². The number of anilines is 2. The normalized spacial score (nSPS) is 16.4. The van der Waals surface area contributed by atoms with Crippen LogP contribution in [-0.2, 0) is 10.0 Å². The molecule has 5 nitrogen and oxygen atoms in total. The molecule has 1 aliphatic rings. The SMILES string of the molecule is CNS(=O)(=O)c1ccc(N)c(NC(C)(C)C2CC2)c1. The Morgan fingerprint density at radius 1 is 1.32 bits per heavy atom. The van der Waals surface area contributed by atoms with E-state index < -0.39 is 10.0 Å². The van der Waals surface area contributed by atoms with Crippen LogP contribution in [0.1, 0.15) is 26.7 Å². The molecule has 0 aromatic heterocycles. The molecule has 106 valence electrons. The van der Waals surface area contributed by atoms with Crippen LogP contribution in [0.4, 0.5) is 11.4 Å². The van der Waals surface area contributed by atoms with Crippen molar-refractivity contribution in [2.45, 2.75) is 37.1 Å². The lowest BCUT2D eigenvalue weighted by Crippen LogP contribution is -2.33. The molecule has 1 aliphatic carbocycles. The smallest absolute Gasteiger partial charge is 0.240 e. The summed E-state index contributed by atoms with van der Waals surface area (Å²) < 4.78 is 25.9. The summed E-state index contributed by atoms with van der Waals surface area (Å²) >= 11 is 0. The molecule has 0 saturated heterocycles. The van der Waals surface area contributed by atoms with Crippen molar-refractivity contribution in [3.05, 3.63) is 18.2 Å². The third-order valence-corrected chi connectivity index (χ3v) is 5.07. The number of hydrogen-bond acceptors (Lipinski definition) is 4. The van der Waals surface area contributed by atoms with E-state index in [9.17, 15) is 8.42 Å². The molecule has 19 heavy (non-hydrogen) atoms. The van der Waals surface area contributed by atoms with E-state index in [4.69, 9.17) is 5.73 Å². The maximum atomic E-state index is 11.8. The Balaban J connectivity index is 2.32. The van der Waals surface area contributed by atoms with Crippen LogP contribution in [0.5, 0.6) is 0 Å². The van der Waals surface area contributed by atoms with E-state index in [1.54, 1.807) is 12.1 Å². The van der Waals surface area contributed by atoms with Crippen LogP contribution >= 0.6 is 0 Å². The molecule has 1 saturated carbocycles. The minimum atomic E-state index is -3.44. The lowest BCUT2D eigenvalue weighted by molar-refractivity contribution is 0.494. The Labute approximate surface area is 114 Å². The van der Waals surface area contributed by atoms with Gasteiger partial charge in [0.25, 0.3) is 0 Å². The van der Waals surface area contributed by atoms with Gasteiger partial charge in [0.15, 0.2) is 0 Å². The van der Waals surface area contributed by atoms with Crippen molar-refractivity contribution in [3.8, 4) is 0 Å². The first-order valence-electron chi connectivity index (χ1n) is 6.37. The molecule has 1 aromatic carbocycles. The molecule has 0 atom stereocenters. The molecule has 1 fully saturated rings. The zero-order valence-electron chi connectivity index (χ0n) is 11.5. The lowest BCUT2D eigenvalue weighted by Gasteiger charge is -2.28. The Morgan fingerprint density at radius 2 is 1.95 bits per heavy atom. The monoisotopic (exact) mass is 283 g/mol. The van der Waals surface area contributed by atoms with Gasteiger partial charge in [-0.2, -0.15) is 0 Å². The predicted molar refractivity (Wildman–Crippen MR) is 77.5 cm³/mol. The van der Waals surface area contributed by atoms with E-state index in [2.05, 4.69) is 23.9 Å². The number of rotatable bonds is 5. The fourth-order valence-corrected chi connectivity index (χ4v) is 2.94. The summed E-state index contributed by atoms with van der Waals surface area (Å²) in [4.78, 5) is 0.221. The van der Waals surface area contributed by atoms with Gasteiger partial charge in [0.1, 0.15) is 0 Å². The standard InChI is InChI=1S/C13H21N3O2S/c1-13(2,9-4-5-9)16-12-8-10(6-7-11(12)14)19(17,18)15-3/h6-9,15-16H,4-5,14H2,1-3H3. The summed E-state index contributed by atoms with van der Waals surface area (Å²) in [5.74, 6) is 0.622. The first-order chi connectivity index (χ1) is 8.76. The molecule has 0 amide bonds. The second kappa shape index (κ2) is 4.68. The van der Waals surface area contributed by atoms with Crippen LogP contribution in [-0.4, -0.2) is 21.0 Å². The average molecular weight is 283 g/mol. The lowest BCUT2D eigenvalue weighted by atomic mass is 9.98. The summed E-state index contributed by atoms with van der Waals surface area (Å²) in [6, 6.07) is 4.72. The highest BCUT2D eigenvalue weighted by Crippen LogP contribution is 2.42. The van der Waals surface area contributed by atoms with E-state index in [1.807, 2.05) is 0 Å². The van der Waals surface area contributed by atoms with Gasteiger partial charge in [-0.15, -0.1) is 0 Å². The zero-order chi connectivity index (χ0) is 14.3. The number of nitrogens with two attached hydrogens (primary N) is 1.